The van der Waals surface area contributed by atoms with Gasteiger partial charge in [0.15, 0.2) is 0 Å². The van der Waals surface area contributed by atoms with Crippen molar-refractivity contribution in [1.82, 2.24) is 4.90 Å². The lowest BCUT2D eigenvalue weighted by Crippen LogP contribution is -2.51. The highest BCUT2D eigenvalue weighted by Crippen LogP contribution is 2.47. The predicted molar refractivity (Wildman–Crippen MR) is 85.6 cm³/mol. The quantitative estimate of drug-likeness (QED) is 0.837. The third-order valence-electron chi connectivity index (χ3n) is 5.27. The topological polar surface area (TPSA) is 46.3 Å². The van der Waals surface area contributed by atoms with Gasteiger partial charge in [-0.1, -0.05) is 30.3 Å². The minimum absolute atomic E-state index is 0.0958. The van der Waals surface area contributed by atoms with Crippen LogP contribution in [-0.2, 0) is 4.79 Å². The van der Waals surface area contributed by atoms with Gasteiger partial charge in [-0.25, -0.2) is 4.39 Å². The van der Waals surface area contributed by atoms with E-state index in [-0.39, 0.29) is 24.8 Å². The first kappa shape index (κ1) is 18.2. The van der Waals surface area contributed by atoms with Crippen LogP contribution in [0.5, 0.6) is 0 Å². The number of amides is 1. The molecule has 2 fully saturated rings. The molecule has 2 atom stereocenters. The standard InChI is InChI=1S/C18H22F4N2O/c19-17(8-6-13(23)7-9-17)11-24(16(25)18(20,21)22)15-10-14(15)12-4-2-1-3-5-12/h1-5,13-15H,6-11,23H2. The van der Waals surface area contributed by atoms with Gasteiger partial charge >= 0.3 is 12.1 Å². The van der Waals surface area contributed by atoms with Crippen LogP contribution in [0.2, 0.25) is 0 Å². The van der Waals surface area contributed by atoms with Gasteiger partial charge in [-0.3, -0.25) is 4.79 Å². The molecule has 0 saturated heterocycles. The smallest absolute Gasteiger partial charge is 0.328 e. The molecule has 138 valence electrons. The maximum Gasteiger partial charge on any atom is 0.471 e. The van der Waals surface area contributed by atoms with Crippen LogP contribution >= 0.6 is 0 Å². The van der Waals surface area contributed by atoms with Gasteiger partial charge in [-0.15, -0.1) is 0 Å². The van der Waals surface area contributed by atoms with Gasteiger partial charge in [0.2, 0.25) is 0 Å². The summed E-state index contributed by atoms with van der Waals surface area (Å²) in [5.74, 6) is -2.11. The Kier molecular flexibility index (Phi) is 4.79. The predicted octanol–water partition coefficient (Wildman–Crippen LogP) is 3.54. The molecule has 1 aromatic rings. The molecule has 0 bridgehead atoms. The van der Waals surface area contributed by atoms with E-state index >= 15 is 4.39 Å². The molecule has 2 N–H and O–H groups in total. The lowest BCUT2D eigenvalue weighted by atomic mass is 9.83. The fourth-order valence-corrected chi connectivity index (χ4v) is 3.71. The Labute approximate surface area is 144 Å². The summed E-state index contributed by atoms with van der Waals surface area (Å²) >= 11 is 0. The van der Waals surface area contributed by atoms with Crippen molar-refractivity contribution in [1.29, 1.82) is 0 Å². The van der Waals surface area contributed by atoms with Gasteiger partial charge in [0.25, 0.3) is 0 Å². The van der Waals surface area contributed by atoms with Crippen LogP contribution in [0.25, 0.3) is 0 Å². The molecular formula is C18H22F4N2O. The average molecular weight is 358 g/mol. The number of carbonyl (C=O) groups excluding carboxylic acids is 1. The van der Waals surface area contributed by atoms with Crippen LogP contribution in [0, 0.1) is 0 Å². The number of benzene rings is 1. The molecule has 0 radical (unpaired) electrons. The molecule has 2 aliphatic carbocycles. The number of carbonyl (C=O) groups is 1. The molecule has 3 nitrogen and oxygen atoms in total. The average Bonchev–Trinajstić information content (AvgIpc) is 3.36. The van der Waals surface area contributed by atoms with E-state index in [0.717, 1.165) is 5.56 Å². The molecule has 1 amide bonds. The second-order valence-corrected chi connectivity index (χ2v) is 7.24. The summed E-state index contributed by atoms with van der Waals surface area (Å²) in [5.41, 5.74) is 4.85. The van der Waals surface area contributed by atoms with E-state index in [1.54, 1.807) is 12.1 Å². The molecular weight excluding hydrogens is 336 g/mol. The van der Waals surface area contributed by atoms with Gasteiger partial charge in [0.05, 0.1) is 6.54 Å². The summed E-state index contributed by atoms with van der Waals surface area (Å²) in [4.78, 5) is 12.6. The van der Waals surface area contributed by atoms with E-state index in [0.29, 0.717) is 24.2 Å². The number of nitrogens with zero attached hydrogens (tertiary/aromatic N) is 1. The van der Waals surface area contributed by atoms with Gasteiger partial charge in [0.1, 0.15) is 5.67 Å². The summed E-state index contributed by atoms with van der Waals surface area (Å²) in [6.07, 6.45) is -3.52. The molecule has 2 saturated carbocycles. The largest absolute Gasteiger partial charge is 0.471 e. The fraction of sp³-hybridized carbons (Fsp3) is 0.611. The number of nitrogens with two attached hydrogens (primary N) is 1. The van der Waals surface area contributed by atoms with E-state index in [1.807, 2.05) is 18.2 Å². The molecule has 2 aliphatic rings. The van der Waals surface area contributed by atoms with E-state index in [2.05, 4.69) is 0 Å². The van der Waals surface area contributed by atoms with Gasteiger partial charge in [-0.2, -0.15) is 13.2 Å². The van der Waals surface area contributed by atoms with Crippen LogP contribution in [0.4, 0.5) is 17.6 Å². The van der Waals surface area contributed by atoms with Crippen molar-refractivity contribution in [3.8, 4) is 0 Å². The molecule has 0 aromatic heterocycles. The van der Waals surface area contributed by atoms with Crippen molar-refractivity contribution in [3.05, 3.63) is 35.9 Å². The second kappa shape index (κ2) is 6.59. The first-order chi connectivity index (χ1) is 11.7. The van der Waals surface area contributed by atoms with E-state index in [1.165, 1.54) is 0 Å². The zero-order chi connectivity index (χ0) is 18.2. The first-order valence-electron chi connectivity index (χ1n) is 8.57. The molecule has 25 heavy (non-hydrogen) atoms. The zero-order valence-electron chi connectivity index (χ0n) is 13.8. The van der Waals surface area contributed by atoms with E-state index < -0.39 is 30.3 Å². The summed E-state index contributed by atoms with van der Waals surface area (Å²) in [6, 6.07) is 8.37. The van der Waals surface area contributed by atoms with Crippen LogP contribution in [0.15, 0.2) is 30.3 Å². The third kappa shape index (κ3) is 4.14. The molecule has 0 aliphatic heterocycles. The van der Waals surface area contributed by atoms with Crippen LogP contribution in [0.3, 0.4) is 0 Å². The normalized spacial score (nSPS) is 32.3. The van der Waals surface area contributed by atoms with Crippen LogP contribution < -0.4 is 5.73 Å². The number of hydrogen-bond acceptors (Lipinski definition) is 2. The van der Waals surface area contributed by atoms with Gasteiger partial charge in [-0.05, 0) is 37.7 Å². The SMILES string of the molecule is NC1CCC(F)(CN(C(=O)C(F)(F)F)C2CC2c2ccccc2)CC1. The van der Waals surface area contributed by atoms with Crippen LogP contribution in [-0.4, -0.2) is 41.3 Å². The molecule has 3 rings (SSSR count). The highest BCUT2D eigenvalue weighted by atomic mass is 19.4. The lowest BCUT2D eigenvalue weighted by molar-refractivity contribution is -0.188. The van der Waals surface area contributed by atoms with Gasteiger partial charge < -0.3 is 10.6 Å². The Morgan fingerprint density at radius 3 is 2.36 bits per heavy atom. The fourth-order valence-electron chi connectivity index (χ4n) is 3.71. The highest BCUT2D eigenvalue weighted by molar-refractivity contribution is 5.82. The Bertz CT molecular complexity index is 611. The number of rotatable bonds is 4. The summed E-state index contributed by atoms with van der Waals surface area (Å²) in [7, 11) is 0. The van der Waals surface area contributed by atoms with Crippen LogP contribution in [0.1, 0.15) is 43.6 Å². The van der Waals surface area contributed by atoms with Gasteiger partial charge in [0, 0.05) is 18.0 Å². The minimum atomic E-state index is -4.99. The first-order valence-corrected chi connectivity index (χ1v) is 8.57. The molecule has 2 unspecified atom stereocenters. The summed E-state index contributed by atoms with van der Waals surface area (Å²) in [5, 5.41) is 0. The molecule has 0 spiro atoms. The van der Waals surface area contributed by atoms with Crippen molar-refractivity contribution in [2.24, 2.45) is 5.73 Å². The zero-order valence-corrected chi connectivity index (χ0v) is 13.8. The number of halogens is 4. The Hall–Kier alpha value is -1.63. The Morgan fingerprint density at radius 2 is 1.80 bits per heavy atom. The van der Waals surface area contributed by atoms with Crippen molar-refractivity contribution < 1.29 is 22.4 Å². The second-order valence-electron chi connectivity index (χ2n) is 7.24. The third-order valence-corrected chi connectivity index (χ3v) is 5.27. The van der Waals surface area contributed by atoms with Crippen molar-refractivity contribution in [2.45, 2.75) is 62.0 Å². The Morgan fingerprint density at radius 1 is 1.20 bits per heavy atom. The summed E-state index contributed by atoms with van der Waals surface area (Å²) < 4.78 is 54.1. The number of alkyl halides is 4. The van der Waals surface area contributed by atoms with E-state index in [9.17, 15) is 18.0 Å². The highest BCUT2D eigenvalue weighted by Gasteiger charge is 2.54. The van der Waals surface area contributed by atoms with Crippen molar-refractivity contribution >= 4 is 5.91 Å². The molecule has 7 heteroatoms. The lowest BCUT2D eigenvalue weighted by Gasteiger charge is -2.37. The molecule has 1 aromatic carbocycles. The van der Waals surface area contributed by atoms with Crippen molar-refractivity contribution in [2.75, 3.05) is 6.54 Å². The Balaban J connectivity index is 1.76. The monoisotopic (exact) mass is 358 g/mol. The maximum absolute atomic E-state index is 15.0. The minimum Gasteiger partial charge on any atom is -0.328 e. The molecule has 0 heterocycles. The summed E-state index contributed by atoms with van der Waals surface area (Å²) in [6.45, 7) is -0.508. The van der Waals surface area contributed by atoms with Crippen molar-refractivity contribution in [3.63, 3.8) is 0 Å². The number of hydrogen-bond donors (Lipinski definition) is 1. The maximum atomic E-state index is 15.0. The van der Waals surface area contributed by atoms with E-state index in [4.69, 9.17) is 5.73 Å².